The Bertz CT molecular complexity index is 727. The molecule has 1 aromatic carbocycles. The molecule has 4 heteroatoms. The lowest BCUT2D eigenvalue weighted by Crippen LogP contribution is -2.19. The van der Waals surface area contributed by atoms with Crippen LogP contribution in [0.5, 0.6) is 0 Å². The Morgan fingerprint density at radius 1 is 1.20 bits per heavy atom. The summed E-state index contributed by atoms with van der Waals surface area (Å²) in [6.45, 7) is 3.56. The number of H-pyrrole nitrogens is 1. The summed E-state index contributed by atoms with van der Waals surface area (Å²) in [5, 5.41) is 0. The molecular weight excluding hydrogens is 318 g/mol. The monoisotopic (exact) mass is 331 g/mol. The number of carbonyl (C=O) groups is 1. The van der Waals surface area contributed by atoms with Gasteiger partial charge in [-0.05, 0) is 49.2 Å². The van der Waals surface area contributed by atoms with Gasteiger partial charge in [0.05, 0.1) is 5.56 Å². The molecule has 102 valence electrons. The Kier molecular flexibility index (Phi) is 4.35. The lowest BCUT2D eigenvalue weighted by atomic mass is 10.1. The quantitative estimate of drug-likeness (QED) is 0.689. The molecule has 0 fully saturated rings. The molecular formula is C16H14BrNO2. The minimum atomic E-state index is -0.340. The molecule has 3 nitrogen and oxygen atoms in total. The van der Waals surface area contributed by atoms with Gasteiger partial charge in [0.2, 0.25) is 0 Å². The summed E-state index contributed by atoms with van der Waals surface area (Å²) in [7, 11) is 0. The van der Waals surface area contributed by atoms with Crippen molar-refractivity contribution in [1.29, 1.82) is 0 Å². The van der Waals surface area contributed by atoms with Gasteiger partial charge < -0.3 is 4.98 Å². The molecule has 0 saturated carbocycles. The van der Waals surface area contributed by atoms with Gasteiger partial charge in [0, 0.05) is 10.2 Å². The summed E-state index contributed by atoms with van der Waals surface area (Å²) in [6, 6.07) is 9.37. The first-order chi connectivity index (χ1) is 9.47. The number of rotatable bonds is 3. The van der Waals surface area contributed by atoms with Crippen LogP contribution in [-0.4, -0.2) is 10.8 Å². The highest BCUT2D eigenvalue weighted by Crippen LogP contribution is 2.12. The lowest BCUT2D eigenvalue weighted by Gasteiger charge is -2.02. The normalized spacial score (nSPS) is 10.9. The van der Waals surface area contributed by atoms with Gasteiger partial charge in [-0.1, -0.05) is 34.1 Å². The number of aryl methyl sites for hydroxylation is 2. The zero-order valence-corrected chi connectivity index (χ0v) is 12.8. The summed E-state index contributed by atoms with van der Waals surface area (Å²) in [6.07, 6.45) is 3.13. The predicted molar refractivity (Wildman–Crippen MR) is 84.0 cm³/mol. The lowest BCUT2D eigenvalue weighted by molar-refractivity contribution is 0.104. The maximum absolute atomic E-state index is 12.1. The minimum Gasteiger partial charge on any atom is -0.326 e. The largest absolute Gasteiger partial charge is 0.326 e. The molecule has 0 unspecified atom stereocenters. The number of hydrogen-bond donors (Lipinski definition) is 1. The Morgan fingerprint density at radius 3 is 2.45 bits per heavy atom. The van der Waals surface area contributed by atoms with Crippen molar-refractivity contribution in [2.75, 3.05) is 0 Å². The number of ketones is 1. The number of benzene rings is 1. The van der Waals surface area contributed by atoms with Crippen LogP contribution >= 0.6 is 15.9 Å². The summed E-state index contributed by atoms with van der Waals surface area (Å²) >= 11 is 3.35. The molecule has 2 aromatic rings. The van der Waals surface area contributed by atoms with Gasteiger partial charge >= 0.3 is 0 Å². The number of carbonyl (C=O) groups excluding carboxylic acids is 1. The predicted octanol–water partition coefficient (Wildman–Crippen LogP) is 3.65. The number of halogens is 1. The molecule has 0 aliphatic rings. The van der Waals surface area contributed by atoms with E-state index in [1.807, 2.05) is 24.3 Å². The maximum atomic E-state index is 12.1. The number of nitrogens with one attached hydrogen (secondary N) is 1. The zero-order chi connectivity index (χ0) is 14.7. The van der Waals surface area contributed by atoms with Crippen molar-refractivity contribution < 1.29 is 4.79 Å². The zero-order valence-electron chi connectivity index (χ0n) is 11.2. The molecule has 0 aliphatic carbocycles. The van der Waals surface area contributed by atoms with E-state index in [0.29, 0.717) is 5.56 Å². The molecule has 1 heterocycles. The van der Waals surface area contributed by atoms with E-state index in [2.05, 4.69) is 20.9 Å². The van der Waals surface area contributed by atoms with Gasteiger partial charge in [0.25, 0.3) is 5.56 Å². The molecule has 0 radical (unpaired) electrons. The number of aromatic nitrogens is 1. The number of aromatic amines is 1. The van der Waals surface area contributed by atoms with Crippen LogP contribution in [0, 0.1) is 13.8 Å². The fraction of sp³-hybridized carbons (Fsp3) is 0.125. The molecule has 1 N–H and O–H groups in total. The van der Waals surface area contributed by atoms with Crippen LogP contribution in [0.25, 0.3) is 6.08 Å². The van der Waals surface area contributed by atoms with E-state index in [1.54, 1.807) is 26.0 Å². The van der Waals surface area contributed by atoms with Gasteiger partial charge in [-0.3, -0.25) is 9.59 Å². The van der Waals surface area contributed by atoms with Crippen LogP contribution in [0.2, 0.25) is 0 Å². The van der Waals surface area contributed by atoms with Crippen molar-refractivity contribution in [2.45, 2.75) is 13.8 Å². The van der Waals surface area contributed by atoms with E-state index in [1.165, 1.54) is 6.08 Å². The average molecular weight is 332 g/mol. The molecule has 0 aliphatic heterocycles. The van der Waals surface area contributed by atoms with Gasteiger partial charge in [0.1, 0.15) is 0 Å². The molecule has 0 spiro atoms. The minimum absolute atomic E-state index is 0.198. The second-order valence-corrected chi connectivity index (χ2v) is 5.50. The third kappa shape index (κ3) is 3.33. The van der Waals surface area contributed by atoms with Crippen LogP contribution in [0.4, 0.5) is 0 Å². The first kappa shape index (κ1) is 14.5. The van der Waals surface area contributed by atoms with Crippen LogP contribution in [0.15, 0.2) is 45.7 Å². The van der Waals surface area contributed by atoms with Gasteiger partial charge in [0.15, 0.2) is 5.78 Å². The summed E-state index contributed by atoms with van der Waals surface area (Å²) < 4.78 is 0.979. The van der Waals surface area contributed by atoms with Gasteiger partial charge in [-0.15, -0.1) is 0 Å². The van der Waals surface area contributed by atoms with E-state index >= 15 is 0 Å². The highest BCUT2D eigenvalue weighted by molar-refractivity contribution is 9.10. The van der Waals surface area contributed by atoms with Crippen molar-refractivity contribution in [3.05, 3.63) is 73.6 Å². The van der Waals surface area contributed by atoms with Gasteiger partial charge in [-0.25, -0.2) is 0 Å². The molecule has 0 amide bonds. The van der Waals surface area contributed by atoms with E-state index in [4.69, 9.17) is 0 Å². The van der Waals surface area contributed by atoms with E-state index in [0.717, 1.165) is 15.7 Å². The Hall–Kier alpha value is -1.94. The summed E-state index contributed by atoms with van der Waals surface area (Å²) in [5.74, 6) is -0.285. The van der Waals surface area contributed by atoms with Crippen molar-refractivity contribution in [3.8, 4) is 0 Å². The Labute approximate surface area is 125 Å². The molecule has 20 heavy (non-hydrogen) atoms. The smallest absolute Gasteiger partial charge is 0.259 e. The highest BCUT2D eigenvalue weighted by atomic mass is 79.9. The molecule has 0 bridgehead atoms. The topological polar surface area (TPSA) is 49.9 Å². The standard InChI is InChI=1S/C16H14BrNO2/c1-10-9-11(2)18-16(20)15(10)14(19)8-5-12-3-6-13(17)7-4-12/h3-9H,1-2H3,(H,18,20)/b8-5+. The second kappa shape index (κ2) is 6.01. The average Bonchev–Trinajstić information content (AvgIpc) is 2.37. The van der Waals surface area contributed by atoms with Crippen molar-refractivity contribution in [2.24, 2.45) is 0 Å². The van der Waals surface area contributed by atoms with Crippen molar-refractivity contribution in [1.82, 2.24) is 4.98 Å². The van der Waals surface area contributed by atoms with Crippen LogP contribution < -0.4 is 5.56 Å². The number of allylic oxidation sites excluding steroid dienone is 1. The van der Waals surface area contributed by atoms with E-state index < -0.39 is 0 Å². The molecule has 2 rings (SSSR count). The Morgan fingerprint density at radius 2 is 1.85 bits per heavy atom. The molecule has 0 atom stereocenters. The maximum Gasteiger partial charge on any atom is 0.259 e. The first-order valence-corrected chi connectivity index (χ1v) is 6.95. The highest BCUT2D eigenvalue weighted by Gasteiger charge is 2.11. The van der Waals surface area contributed by atoms with E-state index in [9.17, 15) is 9.59 Å². The SMILES string of the molecule is Cc1cc(C)c(C(=O)/C=C/c2ccc(Br)cc2)c(=O)[nH]1. The number of pyridine rings is 1. The summed E-state index contributed by atoms with van der Waals surface area (Å²) in [4.78, 5) is 26.6. The third-order valence-corrected chi connectivity index (χ3v) is 3.44. The van der Waals surface area contributed by atoms with Crippen molar-refractivity contribution >= 4 is 27.8 Å². The fourth-order valence-electron chi connectivity index (χ4n) is 1.99. The number of hydrogen-bond acceptors (Lipinski definition) is 2. The fourth-order valence-corrected chi connectivity index (χ4v) is 2.25. The first-order valence-electron chi connectivity index (χ1n) is 6.16. The summed E-state index contributed by atoms with van der Waals surface area (Å²) in [5.41, 5.74) is 2.21. The second-order valence-electron chi connectivity index (χ2n) is 4.59. The Balaban J connectivity index is 2.29. The van der Waals surface area contributed by atoms with Crippen LogP contribution in [-0.2, 0) is 0 Å². The van der Waals surface area contributed by atoms with E-state index in [-0.39, 0.29) is 16.9 Å². The third-order valence-electron chi connectivity index (χ3n) is 2.91. The molecule has 1 aromatic heterocycles. The van der Waals surface area contributed by atoms with Crippen LogP contribution in [0.1, 0.15) is 27.2 Å². The van der Waals surface area contributed by atoms with Crippen molar-refractivity contribution in [3.63, 3.8) is 0 Å². The van der Waals surface area contributed by atoms with Crippen LogP contribution in [0.3, 0.4) is 0 Å². The van der Waals surface area contributed by atoms with Gasteiger partial charge in [-0.2, -0.15) is 0 Å². The molecule has 0 saturated heterocycles.